The Morgan fingerprint density at radius 3 is 2.31 bits per heavy atom. The van der Waals surface area contributed by atoms with Gasteiger partial charge in [0, 0.05) is 13.1 Å². The molecule has 0 aromatic heterocycles. The Kier molecular flexibility index (Phi) is 6.78. The normalized spacial score (nSPS) is 18.6. The Morgan fingerprint density at radius 1 is 1.38 bits per heavy atom. The fraction of sp³-hybridized carbons (Fsp3) is 0.643. The molecule has 1 fully saturated rings. The molecular formula is C14H26N2. The Bertz CT molecular complexity index is 272. The van der Waals surface area contributed by atoms with Crippen molar-refractivity contribution in [2.45, 2.75) is 41.0 Å². The lowest BCUT2D eigenvalue weighted by Gasteiger charge is -2.20. The van der Waals surface area contributed by atoms with Crippen molar-refractivity contribution in [1.29, 1.82) is 5.41 Å². The van der Waals surface area contributed by atoms with E-state index in [1.54, 1.807) is 0 Å². The second kappa shape index (κ2) is 7.26. The van der Waals surface area contributed by atoms with Crippen LogP contribution in [0.2, 0.25) is 0 Å². The second-order valence-corrected chi connectivity index (χ2v) is 4.42. The molecule has 0 aliphatic carbocycles. The maximum Gasteiger partial charge on any atom is 0.0766 e. The third-order valence-corrected chi connectivity index (χ3v) is 2.55. The van der Waals surface area contributed by atoms with Crippen LogP contribution in [0.15, 0.2) is 23.9 Å². The molecule has 1 saturated heterocycles. The number of nitrogens with one attached hydrogen (secondary N) is 1. The minimum atomic E-state index is 0.555. The fourth-order valence-electron chi connectivity index (χ4n) is 1.72. The predicted molar refractivity (Wildman–Crippen MR) is 73.0 cm³/mol. The van der Waals surface area contributed by atoms with Gasteiger partial charge in [0.25, 0.3) is 0 Å². The molecule has 0 aromatic rings. The maximum atomic E-state index is 7.84. The molecule has 2 nitrogen and oxygen atoms in total. The van der Waals surface area contributed by atoms with Gasteiger partial charge in [0.05, 0.1) is 11.4 Å². The van der Waals surface area contributed by atoms with E-state index in [2.05, 4.69) is 18.4 Å². The quantitative estimate of drug-likeness (QED) is 0.721. The summed E-state index contributed by atoms with van der Waals surface area (Å²) in [5, 5.41) is 7.84. The number of rotatable bonds is 3. The van der Waals surface area contributed by atoms with Crippen molar-refractivity contribution in [3.05, 3.63) is 23.9 Å². The summed E-state index contributed by atoms with van der Waals surface area (Å²) in [6.45, 7) is 16.4. The van der Waals surface area contributed by atoms with Crippen LogP contribution in [0.5, 0.6) is 0 Å². The Hall–Kier alpha value is -1.05. The Balaban J connectivity index is 0.00000106. The van der Waals surface area contributed by atoms with Crippen molar-refractivity contribution in [2.24, 2.45) is 5.92 Å². The number of likely N-dealkylation sites (tertiary alicyclic amines) is 1. The molecule has 0 aromatic carbocycles. The summed E-state index contributed by atoms with van der Waals surface area (Å²) in [5.74, 6) is 0.742. The minimum Gasteiger partial charge on any atom is -0.370 e. The molecule has 1 heterocycles. The molecule has 1 aliphatic rings. The van der Waals surface area contributed by atoms with E-state index in [-0.39, 0.29) is 0 Å². The van der Waals surface area contributed by atoms with E-state index in [0.29, 0.717) is 5.71 Å². The zero-order valence-electron chi connectivity index (χ0n) is 11.4. The summed E-state index contributed by atoms with van der Waals surface area (Å²) in [6, 6.07) is 0. The van der Waals surface area contributed by atoms with Gasteiger partial charge in [-0.25, -0.2) is 0 Å². The van der Waals surface area contributed by atoms with Crippen LogP contribution in [0.4, 0.5) is 0 Å². The van der Waals surface area contributed by atoms with Gasteiger partial charge in [-0.15, -0.1) is 0 Å². The zero-order chi connectivity index (χ0) is 12.7. The zero-order valence-corrected chi connectivity index (χ0v) is 11.4. The lowest BCUT2D eigenvalue weighted by atomic mass is 10.2. The molecule has 0 amide bonds. The fourth-order valence-corrected chi connectivity index (χ4v) is 1.72. The number of nitrogens with zero attached hydrogens (tertiary/aromatic N) is 1. The summed E-state index contributed by atoms with van der Waals surface area (Å²) in [7, 11) is 0. The predicted octanol–water partition coefficient (Wildman–Crippen LogP) is 3.85. The first-order valence-corrected chi connectivity index (χ1v) is 6.18. The molecular weight excluding hydrogens is 196 g/mol. The van der Waals surface area contributed by atoms with Crippen molar-refractivity contribution in [1.82, 2.24) is 4.90 Å². The maximum absolute atomic E-state index is 7.84. The molecule has 0 bridgehead atoms. The first-order valence-electron chi connectivity index (χ1n) is 6.18. The number of allylic oxidation sites excluding steroid dienone is 2. The SMILES string of the molecule is C=C(C(=N)C=C(C)C)N1CCC(C)C1.CC. The summed E-state index contributed by atoms with van der Waals surface area (Å²) < 4.78 is 0. The summed E-state index contributed by atoms with van der Waals surface area (Å²) >= 11 is 0. The van der Waals surface area contributed by atoms with Crippen LogP contribution >= 0.6 is 0 Å². The molecule has 1 aliphatic heterocycles. The molecule has 1 atom stereocenters. The molecule has 0 spiro atoms. The third kappa shape index (κ3) is 4.65. The smallest absolute Gasteiger partial charge is 0.0766 e. The van der Waals surface area contributed by atoms with E-state index in [1.165, 1.54) is 6.42 Å². The molecule has 2 heteroatoms. The van der Waals surface area contributed by atoms with Gasteiger partial charge in [-0.05, 0) is 32.3 Å². The Labute approximate surface area is 101 Å². The van der Waals surface area contributed by atoms with E-state index >= 15 is 0 Å². The van der Waals surface area contributed by atoms with E-state index < -0.39 is 0 Å². The van der Waals surface area contributed by atoms with Crippen LogP contribution < -0.4 is 0 Å². The summed E-state index contributed by atoms with van der Waals surface area (Å²) in [5.41, 5.74) is 2.58. The van der Waals surface area contributed by atoms with Crippen molar-refractivity contribution in [3.8, 4) is 0 Å². The summed E-state index contributed by atoms with van der Waals surface area (Å²) in [4.78, 5) is 2.21. The number of hydrogen-bond acceptors (Lipinski definition) is 2. The van der Waals surface area contributed by atoms with E-state index in [1.807, 2.05) is 33.8 Å². The largest absolute Gasteiger partial charge is 0.370 e. The van der Waals surface area contributed by atoms with E-state index in [9.17, 15) is 0 Å². The van der Waals surface area contributed by atoms with Crippen molar-refractivity contribution in [3.63, 3.8) is 0 Å². The van der Waals surface area contributed by atoms with Gasteiger partial charge in [0.15, 0.2) is 0 Å². The molecule has 0 radical (unpaired) electrons. The monoisotopic (exact) mass is 222 g/mol. The average Bonchev–Trinajstić information content (AvgIpc) is 2.65. The van der Waals surface area contributed by atoms with Gasteiger partial charge in [-0.1, -0.05) is 32.9 Å². The van der Waals surface area contributed by atoms with Gasteiger partial charge in [0.1, 0.15) is 0 Å². The first kappa shape index (κ1) is 14.9. The first-order chi connectivity index (χ1) is 7.50. The Morgan fingerprint density at radius 2 is 1.94 bits per heavy atom. The lowest BCUT2D eigenvalue weighted by molar-refractivity contribution is 0.431. The van der Waals surface area contributed by atoms with E-state index in [0.717, 1.165) is 30.3 Å². The van der Waals surface area contributed by atoms with Gasteiger partial charge in [-0.2, -0.15) is 0 Å². The van der Waals surface area contributed by atoms with Crippen LogP contribution in [0.25, 0.3) is 0 Å². The van der Waals surface area contributed by atoms with Gasteiger partial charge in [0.2, 0.25) is 0 Å². The van der Waals surface area contributed by atoms with Gasteiger partial charge >= 0.3 is 0 Å². The highest BCUT2D eigenvalue weighted by Crippen LogP contribution is 2.19. The van der Waals surface area contributed by atoms with Crippen molar-refractivity contribution >= 4 is 5.71 Å². The van der Waals surface area contributed by atoms with Crippen LogP contribution in [-0.4, -0.2) is 23.7 Å². The standard InChI is InChI=1S/C12H20N2.C2H6/c1-9(2)7-12(13)11(4)14-6-5-10(3)8-14;1-2/h7,10,13H,4-6,8H2,1-3H3;1-2H3. The van der Waals surface area contributed by atoms with Crippen molar-refractivity contribution < 1.29 is 0 Å². The molecule has 1 unspecified atom stereocenters. The molecule has 1 rings (SSSR count). The molecule has 16 heavy (non-hydrogen) atoms. The third-order valence-electron chi connectivity index (χ3n) is 2.55. The van der Waals surface area contributed by atoms with E-state index in [4.69, 9.17) is 5.41 Å². The van der Waals surface area contributed by atoms with Crippen LogP contribution in [0.1, 0.15) is 41.0 Å². The van der Waals surface area contributed by atoms with Crippen LogP contribution in [-0.2, 0) is 0 Å². The molecule has 1 N–H and O–H groups in total. The number of hydrogen-bond donors (Lipinski definition) is 1. The topological polar surface area (TPSA) is 27.1 Å². The lowest BCUT2D eigenvalue weighted by Crippen LogP contribution is -2.23. The highest BCUT2D eigenvalue weighted by Gasteiger charge is 2.20. The van der Waals surface area contributed by atoms with Crippen LogP contribution in [0, 0.1) is 11.3 Å². The van der Waals surface area contributed by atoms with Gasteiger partial charge in [-0.3, -0.25) is 5.41 Å². The summed E-state index contributed by atoms with van der Waals surface area (Å²) in [6.07, 6.45) is 3.10. The highest BCUT2D eigenvalue weighted by molar-refractivity contribution is 6.05. The molecule has 0 saturated carbocycles. The minimum absolute atomic E-state index is 0.555. The second-order valence-electron chi connectivity index (χ2n) is 4.42. The molecule has 92 valence electrons. The van der Waals surface area contributed by atoms with Crippen molar-refractivity contribution in [2.75, 3.05) is 13.1 Å². The average molecular weight is 222 g/mol. The van der Waals surface area contributed by atoms with Crippen LogP contribution in [0.3, 0.4) is 0 Å². The highest BCUT2D eigenvalue weighted by atomic mass is 15.2. The van der Waals surface area contributed by atoms with Gasteiger partial charge < -0.3 is 4.90 Å².